The Labute approximate surface area is 93.4 Å². The van der Waals surface area contributed by atoms with Gasteiger partial charge in [-0.05, 0) is 24.1 Å². The van der Waals surface area contributed by atoms with Crippen LogP contribution in [0.5, 0.6) is 0 Å². The van der Waals surface area contributed by atoms with Crippen molar-refractivity contribution in [2.45, 2.75) is 20.8 Å². The van der Waals surface area contributed by atoms with Crippen molar-refractivity contribution in [1.82, 2.24) is 4.57 Å². The molecule has 1 nitrogen and oxygen atoms in total. The zero-order valence-electron chi connectivity index (χ0n) is 10.2. The Morgan fingerprint density at radius 2 is 2.07 bits per heavy atom. The largest absolute Gasteiger partial charge is 0.357 e. The fourth-order valence-corrected chi connectivity index (χ4v) is 1.20. The highest BCUT2D eigenvalue weighted by Gasteiger charge is 1.96. The summed E-state index contributed by atoms with van der Waals surface area (Å²) in [5.41, 5.74) is 2.46. The van der Waals surface area contributed by atoms with Crippen LogP contribution in [0, 0.1) is 0 Å². The topological polar surface area (TPSA) is 4.93 Å². The van der Waals surface area contributed by atoms with Crippen LogP contribution in [-0.2, 0) is 7.05 Å². The third-order valence-corrected chi connectivity index (χ3v) is 1.89. The summed E-state index contributed by atoms with van der Waals surface area (Å²) in [6, 6.07) is 2.10. The van der Waals surface area contributed by atoms with Crippen LogP contribution >= 0.6 is 0 Å². The molecule has 1 heterocycles. The Bertz CT molecular complexity index is 340. The molecule has 15 heavy (non-hydrogen) atoms. The molecule has 0 aliphatic heterocycles. The van der Waals surface area contributed by atoms with Crippen molar-refractivity contribution < 1.29 is 0 Å². The van der Waals surface area contributed by atoms with Gasteiger partial charge in [0.1, 0.15) is 0 Å². The Kier molecular flexibility index (Phi) is 7.08. The maximum atomic E-state index is 3.65. The number of hydrogen-bond donors (Lipinski definition) is 0. The highest BCUT2D eigenvalue weighted by atomic mass is 14.9. The second kappa shape index (κ2) is 7.86. The van der Waals surface area contributed by atoms with Gasteiger partial charge in [-0.3, -0.25) is 0 Å². The van der Waals surface area contributed by atoms with Crippen LogP contribution in [0.4, 0.5) is 0 Å². The molecule has 82 valence electrons. The predicted molar refractivity (Wildman–Crippen MR) is 69.7 cm³/mol. The van der Waals surface area contributed by atoms with E-state index in [0.717, 1.165) is 0 Å². The SMILES string of the molecule is C=C/C=C\C(=C/C)c1ccn(C)c1.CC. The van der Waals surface area contributed by atoms with Crippen molar-refractivity contribution in [2.24, 2.45) is 7.05 Å². The van der Waals surface area contributed by atoms with Crippen molar-refractivity contribution in [3.8, 4) is 0 Å². The fourth-order valence-electron chi connectivity index (χ4n) is 1.20. The molecule has 0 saturated carbocycles. The van der Waals surface area contributed by atoms with Gasteiger partial charge in [-0.15, -0.1) is 0 Å². The summed E-state index contributed by atoms with van der Waals surface area (Å²) in [6.07, 6.45) is 12.0. The van der Waals surface area contributed by atoms with Gasteiger partial charge in [0.2, 0.25) is 0 Å². The van der Waals surface area contributed by atoms with Crippen molar-refractivity contribution >= 4 is 5.57 Å². The molecule has 1 aromatic rings. The molecule has 0 saturated heterocycles. The second-order valence-electron chi connectivity index (χ2n) is 2.90. The molecular weight excluding hydrogens is 182 g/mol. The van der Waals surface area contributed by atoms with E-state index in [0.29, 0.717) is 0 Å². The normalized spacial score (nSPS) is 11.1. The fraction of sp³-hybridized carbons (Fsp3) is 0.286. The van der Waals surface area contributed by atoms with Crippen LogP contribution in [-0.4, -0.2) is 4.57 Å². The third kappa shape index (κ3) is 4.50. The number of nitrogens with zero attached hydrogens (tertiary/aromatic N) is 1. The average Bonchev–Trinajstić information content (AvgIpc) is 2.69. The third-order valence-electron chi connectivity index (χ3n) is 1.89. The van der Waals surface area contributed by atoms with Crippen molar-refractivity contribution in [1.29, 1.82) is 0 Å². The lowest BCUT2D eigenvalue weighted by atomic mass is 10.1. The number of allylic oxidation sites excluding steroid dienone is 5. The van der Waals surface area contributed by atoms with Gasteiger partial charge in [0.25, 0.3) is 0 Å². The molecule has 1 rings (SSSR count). The first-order valence-corrected chi connectivity index (χ1v) is 5.35. The first-order chi connectivity index (χ1) is 7.27. The number of rotatable bonds is 3. The van der Waals surface area contributed by atoms with Gasteiger partial charge in [0, 0.05) is 19.4 Å². The minimum Gasteiger partial charge on any atom is -0.357 e. The summed E-state index contributed by atoms with van der Waals surface area (Å²) in [4.78, 5) is 0. The minimum atomic E-state index is 1.22. The van der Waals surface area contributed by atoms with Gasteiger partial charge in [-0.25, -0.2) is 0 Å². The summed E-state index contributed by atoms with van der Waals surface area (Å²) in [7, 11) is 2.02. The van der Waals surface area contributed by atoms with E-state index in [4.69, 9.17) is 0 Å². The van der Waals surface area contributed by atoms with E-state index in [-0.39, 0.29) is 0 Å². The second-order valence-corrected chi connectivity index (χ2v) is 2.90. The number of aryl methyl sites for hydroxylation is 1. The molecule has 0 aromatic carbocycles. The summed E-state index contributed by atoms with van der Waals surface area (Å²) in [5, 5.41) is 0. The Morgan fingerprint density at radius 3 is 2.47 bits per heavy atom. The summed E-state index contributed by atoms with van der Waals surface area (Å²) in [5.74, 6) is 0. The van der Waals surface area contributed by atoms with Gasteiger partial charge < -0.3 is 4.57 Å². The molecule has 0 radical (unpaired) electrons. The van der Waals surface area contributed by atoms with Crippen LogP contribution < -0.4 is 0 Å². The van der Waals surface area contributed by atoms with E-state index in [1.165, 1.54) is 11.1 Å². The van der Waals surface area contributed by atoms with Gasteiger partial charge in [0.05, 0.1) is 0 Å². The van der Waals surface area contributed by atoms with Gasteiger partial charge in [-0.2, -0.15) is 0 Å². The van der Waals surface area contributed by atoms with Crippen molar-refractivity contribution in [3.05, 3.63) is 54.9 Å². The van der Waals surface area contributed by atoms with Crippen LogP contribution in [0.25, 0.3) is 5.57 Å². The van der Waals surface area contributed by atoms with E-state index >= 15 is 0 Å². The predicted octanol–water partition coefficient (Wildman–Crippen LogP) is 4.20. The molecule has 1 heteroatoms. The smallest absolute Gasteiger partial charge is 0.0110 e. The van der Waals surface area contributed by atoms with Crippen molar-refractivity contribution in [3.63, 3.8) is 0 Å². The molecule has 0 N–H and O–H groups in total. The lowest BCUT2D eigenvalue weighted by Crippen LogP contribution is -1.80. The van der Waals surface area contributed by atoms with Gasteiger partial charge >= 0.3 is 0 Å². The zero-order chi connectivity index (χ0) is 11.7. The van der Waals surface area contributed by atoms with E-state index < -0.39 is 0 Å². The first kappa shape index (κ1) is 13.5. The standard InChI is InChI=1S/C12H15N.C2H6/c1-4-6-7-11(5-2)12-8-9-13(3)10-12;1-2/h4-10H,1H2,2-3H3;1-2H3/b7-6-,11-5+;. The lowest BCUT2D eigenvalue weighted by Gasteiger charge is -1.95. The maximum absolute atomic E-state index is 3.65. The lowest BCUT2D eigenvalue weighted by molar-refractivity contribution is 0.927. The molecule has 0 bridgehead atoms. The number of hydrogen-bond acceptors (Lipinski definition) is 0. The van der Waals surface area contributed by atoms with Crippen LogP contribution in [0.1, 0.15) is 26.3 Å². The maximum Gasteiger partial charge on any atom is 0.0110 e. The monoisotopic (exact) mass is 203 g/mol. The average molecular weight is 203 g/mol. The highest BCUT2D eigenvalue weighted by Crippen LogP contribution is 2.15. The molecule has 1 aromatic heterocycles. The molecule has 0 aliphatic carbocycles. The minimum absolute atomic E-state index is 1.22. The summed E-state index contributed by atoms with van der Waals surface area (Å²) in [6.45, 7) is 9.68. The molecule has 0 atom stereocenters. The quantitative estimate of drug-likeness (QED) is 0.649. The zero-order valence-corrected chi connectivity index (χ0v) is 10.2. The van der Waals surface area contributed by atoms with E-state index in [1.807, 2.05) is 44.7 Å². The van der Waals surface area contributed by atoms with Crippen molar-refractivity contribution in [2.75, 3.05) is 0 Å². The van der Waals surface area contributed by atoms with Crippen LogP contribution in [0.3, 0.4) is 0 Å². The van der Waals surface area contributed by atoms with E-state index in [2.05, 4.69) is 31.0 Å². The molecule has 0 aliphatic rings. The first-order valence-electron chi connectivity index (χ1n) is 5.35. The molecule has 0 spiro atoms. The Morgan fingerprint density at radius 1 is 1.40 bits per heavy atom. The summed E-state index contributed by atoms with van der Waals surface area (Å²) >= 11 is 0. The number of aromatic nitrogens is 1. The van der Waals surface area contributed by atoms with E-state index in [9.17, 15) is 0 Å². The summed E-state index contributed by atoms with van der Waals surface area (Å²) < 4.78 is 2.04. The molecular formula is C14H21N. The Balaban J connectivity index is 0.000000921. The molecule has 0 amide bonds. The highest BCUT2D eigenvalue weighted by molar-refractivity contribution is 5.73. The van der Waals surface area contributed by atoms with Crippen LogP contribution in [0.2, 0.25) is 0 Å². The molecule has 0 unspecified atom stereocenters. The van der Waals surface area contributed by atoms with Gasteiger partial charge in [0.15, 0.2) is 0 Å². The van der Waals surface area contributed by atoms with Gasteiger partial charge in [-0.1, -0.05) is 44.7 Å². The Hall–Kier alpha value is -1.50. The molecule has 0 fully saturated rings. The van der Waals surface area contributed by atoms with E-state index in [1.54, 1.807) is 6.08 Å². The van der Waals surface area contributed by atoms with Crippen LogP contribution in [0.15, 0.2) is 49.3 Å².